The van der Waals surface area contributed by atoms with Gasteiger partial charge >= 0.3 is 0 Å². The molecule has 3 aromatic rings. The van der Waals surface area contributed by atoms with Gasteiger partial charge in [0.1, 0.15) is 18.3 Å². The maximum Gasteiger partial charge on any atom is 0.244 e. The number of anilines is 1. The summed E-state index contributed by atoms with van der Waals surface area (Å²) in [6.07, 6.45) is 6.21. The van der Waals surface area contributed by atoms with Crippen LogP contribution in [0.1, 0.15) is 43.2 Å². The van der Waals surface area contributed by atoms with Crippen molar-refractivity contribution < 1.29 is 22.7 Å². The summed E-state index contributed by atoms with van der Waals surface area (Å²) in [7, 11) is -2.40. The molecule has 2 amide bonds. The number of methoxy groups -OCH3 is 1. The summed E-state index contributed by atoms with van der Waals surface area (Å²) < 4.78 is 32.3. The van der Waals surface area contributed by atoms with Gasteiger partial charge in [0.15, 0.2) is 0 Å². The lowest BCUT2D eigenvalue weighted by Gasteiger charge is -2.35. The first kappa shape index (κ1) is 32.6. The zero-order valence-corrected chi connectivity index (χ0v) is 26.7. The molecule has 0 aliphatic heterocycles. The minimum atomic E-state index is -3.96. The Morgan fingerprint density at radius 2 is 1.65 bits per heavy atom. The van der Waals surface area contributed by atoms with Crippen molar-refractivity contribution in [1.29, 1.82) is 0 Å². The molecule has 43 heavy (non-hydrogen) atoms. The topological polar surface area (TPSA) is 96.0 Å². The van der Waals surface area contributed by atoms with Gasteiger partial charge in [-0.25, -0.2) is 8.42 Å². The Bertz CT molecular complexity index is 1510. The van der Waals surface area contributed by atoms with Crippen molar-refractivity contribution in [2.75, 3.05) is 24.2 Å². The van der Waals surface area contributed by atoms with Gasteiger partial charge in [0, 0.05) is 24.0 Å². The maximum atomic E-state index is 14.3. The molecule has 0 aromatic heterocycles. The largest absolute Gasteiger partial charge is 0.497 e. The van der Waals surface area contributed by atoms with E-state index in [1.165, 1.54) is 23.1 Å². The second kappa shape index (κ2) is 14.9. The van der Waals surface area contributed by atoms with Gasteiger partial charge in [-0.1, -0.05) is 84.9 Å². The third-order valence-corrected chi connectivity index (χ3v) is 9.23. The fraction of sp³-hybridized carbons (Fsp3) is 0.375. The summed E-state index contributed by atoms with van der Waals surface area (Å²) in [4.78, 5) is 29.8. The van der Waals surface area contributed by atoms with E-state index in [0.717, 1.165) is 53.8 Å². The predicted octanol–water partition coefficient (Wildman–Crippen LogP) is 5.86. The van der Waals surface area contributed by atoms with Crippen LogP contribution in [0.5, 0.6) is 5.75 Å². The van der Waals surface area contributed by atoms with Crippen molar-refractivity contribution >= 4 is 50.7 Å². The quantitative estimate of drug-likeness (QED) is 0.266. The number of carbonyl (C=O) groups excluding carboxylic acids is 2. The van der Waals surface area contributed by atoms with E-state index < -0.39 is 28.5 Å². The third kappa shape index (κ3) is 9.11. The normalized spacial score (nSPS) is 14.5. The molecular formula is C32H37Cl2N3O5S. The molecule has 1 fully saturated rings. The van der Waals surface area contributed by atoms with Crippen molar-refractivity contribution in [3.05, 3.63) is 94.0 Å². The molecule has 1 aliphatic carbocycles. The minimum Gasteiger partial charge on any atom is -0.497 e. The van der Waals surface area contributed by atoms with Crippen LogP contribution in [0.4, 0.5) is 5.69 Å². The highest BCUT2D eigenvalue weighted by Gasteiger charge is 2.34. The molecule has 3 aromatic carbocycles. The number of ether oxygens (including phenoxy) is 1. The SMILES string of the molecule is COc1cccc(CN(C(=O)CN(c2ccc(Cl)cc2Cl)S(C)(=O)=O)C(Cc2ccccc2)C(=O)NC2CCCCC2)c1. The maximum absolute atomic E-state index is 14.3. The summed E-state index contributed by atoms with van der Waals surface area (Å²) in [5.41, 5.74) is 1.72. The lowest BCUT2D eigenvalue weighted by atomic mass is 9.94. The van der Waals surface area contributed by atoms with Gasteiger partial charge in [-0.15, -0.1) is 0 Å². The van der Waals surface area contributed by atoms with Crippen molar-refractivity contribution in [2.45, 2.75) is 57.2 Å². The zero-order chi connectivity index (χ0) is 31.0. The first-order valence-electron chi connectivity index (χ1n) is 14.2. The molecule has 0 heterocycles. The van der Waals surface area contributed by atoms with Gasteiger partial charge in [-0.2, -0.15) is 0 Å². The van der Waals surface area contributed by atoms with Crippen LogP contribution >= 0.6 is 23.2 Å². The molecule has 0 saturated heterocycles. The Hall–Kier alpha value is -3.27. The van der Waals surface area contributed by atoms with E-state index in [1.54, 1.807) is 25.3 Å². The van der Waals surface area contributed by atoms with E-state index >= 15 is 0 Å². The van der Waals surface area contributed by atoms with Gasteiger partial charge in [0.05, 0.1) is 24.1 Å². The molecule has 1 N–H and O–H groups in total. The number of halogens is 2. The fourth-order valence-corrected chi connectivity index (χ4v) is 6.77. The third-order valence-electron chi connectivity index (χ3n) is 7.57. The molecule has 1 saturated carbocycles. The molecule has 11 heteroatoms. The number of benzene rings is 3. The standard InChI is InChI=1S/C32H37Cl2N3O5S/c1-42-27-15-9-12-24(18-27)21-36(31(38)22-37(43(2,40)41)29-17-16-25(33)20-28(29)34)30(19-23-10-5-3-6-11-23)32(39)35-26-13-7-4-8-14-26/h3,5-6,9-12,15-18,20,26,30H,4,7-8,13-14,19,21-22H2,1-2H3,(H,35,39). The predicted molar refractivity (Wildman–Crippen MR) is 171 cm³/mol. The first-order valence-corrected chi connectivity index (χ1v) is 16.8. The zero-order valence-electron chi connectivity index (χ0n) is 24.3. The highest BCUT2D eigenvalue weighted by atomic mass is 35.5. The smallest absolute Gasteiger partial charge is 0.244 e. The number of amides is 2. The van der Waals surface area contributed by atoms with E-state index in [9.17, 15) is 18.0 Å². The average molecular weight is 647 g/mol. The molecule has 0 radical (unpaired) electrons. The molecule has 1 atom stereocenters. The number of hydrogen-bond donors (Lipinski definition) is 1. The molecular weight excluding hydrogens is 609 g/mol. The Morgan fingerprint density at radius 1 is 0.953 bits per heavy atom. The van der Waals surface area contributed by atoms with Gasteiger partial charge in [0.2, 0.25) is 21.8 Å². The summed E-state index contributed by atoms with van der Waals surface area (Å²) in [6.45, 7) is -0.510. The fourth-order valence-electron chi connectivity index (χ4n) is 5.34. The van der Waals surface area contributed by atoms with Crippen LogP contribution in [0, 0.1) is 0 Å². The summed E-state index contributed by atoms with van der Waals surface area (Å²) in [5.74, 6) is -0.233. The first-order chi connectivity index (χ1) is 20.5. The lowest BCUT2D eigenvalue weighted by Crippen LogP contribution is -2.55. The van der Waals surface area contributed by atoms with Gasteiger partial charge in [-0.3, -0.25) is 13.9 Å². The van der Waals surface area contributed by atoms with Crippen molar-refractivity contribution in [3.8, 4) is 5.75 Å². The second-order valence-electron chi connectivity index (χ2n) is 10.8. The Balaban J connectivity index is 1.75. The Labute approximate surface area is 264 Å². The average Bonchev–Trinajstić information content (AvgIpc) is 2.98. The van der Waals surface area contributed by atoms with Crippen LogP contribution in [-0.2, 0) is 32.6 Å². The van der Waals surface area contributed by atoms with Crippen molar-refractivity contribution in [3.63, 3.8) is 0 Å². The van der Waals surface area contributed by atoms with E-state index in [-0.39, 0.29) is 35.6 Å². The number of hydrogen-bond acceptors (Lipinski definition) is 5. The molecule has 1 aliphatic rings. The molecule has 0 spiro atoms. The van der Waals surface area contributed by atoms with Gasteiger partial charge in [0.25, 0.3) is 0 Å². The van der Waals surface area contributed by atoms with Crippen molar-refractivity contribution in [2.24, 2.45) is 0 Å². The minimum absolute atomic E-state index is 0.0219. The number of carbonyl (C=O) groups is 2. The molecule has 4 rings (SSSR count). The van der Waals surface area contributed by atoms with Crippen LogP contribution in [0.2, 0.25) is 10.0 Å². The Morgan fingerprint density at radius 3 is 2.30 bits per heavy atom. The Kier molecular flexibility index (Phi) is 11.3. The number of rotatable bonds is 12. The van der Waals surface area contributed by atoms with Crippen LogP contribution < -0.4 is 14.4 Å². The van der Waals surface area contributed by atoms with Gasteiger partial charge < -0.3 is 15.0 Å². The van der Waals surface area contributed by atoms with Crippen LogP contribution in [0.3, 0.4) is 0 Å². The monoisotopic (exact) mass is 645 g/mol. The van der Waals surface area contributed by atoms with E-state index in [2.05, 4.69) is 5.32 Å². The summed E-state index contributed by atoms with van der Waals surface area (Å²) in [6, 6.07) is 20.2. The van der Waals surface area contributed by atoms with Crippen LogP contribution in [-0.4, -0.2) is 57.1 Å². The highest BCUT2D eigenvalue weighted by molar-refractivity contribution is 7.92. The number of nitrogens with zero attached hydrogens (tertiary/aromatic N) is 2. The molecule has 8 nitrogen and oxygen atoms in total. The molecule has 1 unspecified atom stereocenters. The van der Waals surface area contributed by atoms with E-state index in [0.29, 0.717) is 10.8 Å². The van der Waals surface area contributed by atoms with Crippen molar-refractivity contribution in [1.82, 2.24) is 10.2 Å². The van der Waals surface area contributed by atoms with E-state index in [1.807, 2.05) is 36.4 Å². The number of sulfonamides is 1. The summed E-state index contributed by atoms with van der Waals surface area (Å²) in [5, 5.41) is 3.60. The highest BCUT2D eigenvalue weighted by Crippen LogP contribution is 2.31. The molecule has 230 valence electrons. The second-order valence-corrected chi connectivity index (χ2v) is 13.5. The lowest BCUT2D eigenvalue weighted by molar-refractivity contribution is -0.140. The van der Waals surface area contributed by atoms with Gasteiger partial charge in [-0.05, 0) is 54.3 Å². The van der Waals surface area contributed by atoms with E-state index in [4.69, 9.17) is 27.9 Å². The molecule has 0 bridgehead atoms. The van der Waals surface area contributed by atoms with Crippen LogP contribution in [0.15, 0.2) is 72.8 Å². The summed E-state index contributed by atoms with van der Waals surface area (Å²) >= 11 is 12.4. The number of nitrogens with one attached hydrogen (secondary N) is 1. The van der Waals surface area contributed by atoms with Crippen LogP contribution in [0.25, 0.3) is 0 Å².